The van der Waals surface area contributed by atoms with Crippen molar-refractivity contribution in [2.45, 2.75) is 32.9 Å². The first-order valence-corrected chi connectivity index (χ1v) is 7.68. The van der Waals surface area contributed by atoms with E-state index >= 15 is 0 Å². The minimum atomic E-state index is -0.530. The van der Waals surface area contributed by atoms with Gasteiger partial charge in [0, 0.05) is 6.54 Å². The maximum Gasteiger partial charge on any atom is 0.412 e. The Hall–Kier alpha value is -2.76. The van der Waals surface area contributed by atoms with Gasteiger partial charge in [0.2, 0.25) is 0 Å². The van der Waals surface area contributed by atoms with Gasteiger partial charge in [0.15, 0.2) is 0 Å². The normalized spacial score (nSPS) is 10.8. The number of rotatable bonds is 5. The molecular weight excluding hydrogens is 306 g/mol. The summed E-state index contributed by atoms with van der Waals surface area (Å²) in [7, 11) is 1.64. The fraction of sp³-hybridized carbons (Fsp3) is 0.333. The summed E-state index contributed by atoms with van der Waals surface area (Å²) in [4.78, 5) is 16.0. The first-order chi connectivity index (χ1) is 11.4. The molecule has 6 nitrogen and oxygen atoms in total. The molecule has 1 aromatic heterocycles. The Morgan fingerprint density at radius 3 is 2.38 bits per heavy atom. The number of anilines is 2. The van der Waals surface area contributed by atoms with Crippen molar-refractivity contribution in [1.29, 1.82) is 0 Å². The fourth-order valence-corrected chi connectivity index (χ4v) is 1.93. The van der Waals surface area contributed by atoms with Gasteiger partial charge in [-0.1, -0.05) is 12.1 Å². The lowest BCUT2D eigenvalue weighted by Crippen LogP contribution is -2.27. The van der Waals surface area contributed by atoms with Crippen LogP contribution in [-0.2, 0) is 11.3 Å². The number of nitrogens with zero attached hydrogens (tertiary/aromatic N) is 1. The van der Waals surface area contributed by atoms with E-state index in [0.717, 1.165) is 17.1 Å². The molecule has 0 aliphatic heterocycles. The molecule has 2 rings (SSSR count). The summed E-state index contributed by atoms with van der Waals surface area (Å²) in [5, 5.41) is 5.87. The second-order valence-electron chi connectivity index (χ2n) is 6.26. The number of nitrogens with one attached hydrogen (secondary N) is 2. The van der Waals surface area contributed by atoms with Gasteiger partial charge in [0.1, 0.15) is 17.2 Å². The molecule has 1 aromatic carbocycles. The van der Waals surface area contributed by atoms with E-state index in [4.69, 9.17) is 9.47 Å². The van der Waals surface area contributed by atoms with E-state index in [1.807, 2.05) is 45.0 Å². The molecule has 128 valence electrons. The maximum absolute atomic E-state index is 11.7. The van der Waals surface area contributed by atoms with Crippen molar-refractivity contribution in [1.82, 2.24) is 4.98 Å². The zero-order valence-corrected chi connectivity index (χ0v) is 14.4. The van der Waals surface area contributed by atoms with Crippen molar-refractivity contribution in [3.8, 4) is 5.75 Å². The number of benzene rings is 1. The summed E-state index contributed by atoms with van der Waals surface area (Å²) in [5.74, 6) is 1.55. The number of hydrogen-bond donors (Lipinski definition) is 2. The molecule has 1 amide bonds. The Bertz CT molecular complexity index is 661. The average Bonchev–Trinajstić information content (AvgIpc) is 2.53. The minimum Gasteiger partial charge on any atom is -0.497 e. The van der Waals surface area contributed by atoms with Gasteiger partial charge in [-0.15, -0.1) is 0 Å². The Labute approximate surface area is 142 Å². The number of ether oxygens (including phenoxy) is 2. The van der Waals surface area contributed by atoms with E-state index in [0.29, 0.717) is 12.2 Å². The lowest BCUT2D eigenvalue weighted by atomic mass is 10.2. The van der Waals surface area contributed by atoms with Gasteiger partial charge in [-0.2, -0.15) is 0 Å². The van der Waals surface area contributed by atoms with E-state index in [1.165, 1.54) is 0 Å². The molecule has 0 saturated heterocycles. The molecule has 24 heavy (non-hydrogen) atoms. The van der Waals surface area contributed by atoms with Crippen LogP contribution >= 0.6 is 0 Å². The summed E-state index contributed by atoms with van der Waals surface area (Å²) in [6.07, 6.45) is 1.09. The third-order valence-corrected chi connectivity index (χ3v) is 3.04. The molecule has 0 unspecified atom stereocenters. The second-order valence-corrected chi connectivity index (χ2v) is 6.26. The summed E-state index contributed by atoms with van der Waals surface area (Å²) in [6, 6.07) is 11.4. The number of pyridine rings is 1. The quantitative estimate of drug-likeness (QED) is 0.866. The molecule has 0 atom stereocenters. The Morgan fingerprint density at radius 1 is 1.12 bits per heavy atom. The van der Waals surface area contributed by atoms with Crippen molar-refractivity contribution in [3.63, 3.8) is 0 Å². The summed E-state index contributed by atoms with van der Waals surface area (Å²) >= 11 is 0. The van der Waals surface area contributed by atoms with Gasteiger partial charge in [-0.05, 0) is 50.6 Å². The first-order valence-electron chi connectivity index (χ1n) is 7.68. The Balaban J connectivity index is 1.86. The third-order valence-electron chi connectivity index (χ3n) is 3.04. The third kappa shape index (κ3) is 5.79. The number of carbonyl (C=O) groups excluding carboxylic acids is 1. The van der Waals surface area contributed by atoms with Gasteiger partial charge in [0.25, 0.3) is 0 Å². The predicted molar refractivity (Wildman–Crippen MR) is 94.4 cm³/mol. The average molecular weight is 329 g/mol. The zero-order chi connectivity index (χ0) is 17.6. The fourth-order valence-electron chi connectivity index (χ4n) is 1.93. The van der Waals surface area contributed by atoms with Crippen LogP contribution in [0.5, 0.6) is 5.75 Å². The molecule has 0 bridgehead atoms. The maximum atomic E-state index is 11.7. The van der Waals surface area contributed by atoms with E-state index in [-0.39, 0.29) is 0 Å². The van der Waals surface area contributed by atoms with E-state index in [9.17, 15) is 4.79 Å². The van der Waals surface area contributed by atoms with Crippen LogP contribution in [0.2, 0.25) is 0 Å². The summed E-state index contributed by atoms with van der Waals surface area (Å²) < 4.78 is 10.3. The van der Waals surface area contributed by atoms with Crippen LogP contribution in [-0.4, -0.2) is 23.8 Å². The van der Waals surface area contributed by atoms with Crippen LogP contribution in [0.15, 0.2) is 42.6 Å². The second kappa shape index (κ2) is 7.68. The standard InChI is InChI=1S/C18H23N3O3/c1-18(2,3)24-17(22)21-14-7-10-16(20-12-14)19-11-13-5-8-15(23-4)9-6-13/h5-10,12H,11H2,1-4H3,(H,19,20)(H,21,22). The van der Waals surface area contributed by atoms with Crippen LogP contribution in [0.1, 0.15) is 26.3 Å². The van der Waals surface area contributed by atoms with Crippen LogP contribution in [0.4, 0.5) is 16.3 Å². The van der Waals surface area contributed by atoms with Crippen molar-refractivity contribution >= 4 is 17.6 Å². The first kappa shape index (κ1) is 17.6. The molecule has 0 radical (unpaired) electrons. The van der Waals surface area contributed by atoms with E-state index in [1.54, 1.807) is 25.4 Å². The number of amides is 1. The highest BCUT2D eigenvalue weighted by Gasteiger charge is 2.16. The van der Waals surface area contributed by atoms with Crippen molar-refractivity contribution in [2.24, 2.45) is 0 Å². The van der Waals surface area contributed by atoms with Crippen LogP contribution in [0.3, 0.4) is 0 Å². The molecule has 6 heteroatoms. The Morgan fingerprint density at radius 2 is 1.83 bits per heavy atom. The lowest BCUT2D eigenvalue weighted by Gasteiger charge is -2.19. The van der Waals surface area contributed by atoms with E-state index in [2.05, 4.69) is 15.6 Å². The number of hydrogen-bond acceptors (Lipinski definition) is 5. The predicted octanol–water partition coefficient (Wildman–Crippen LogP) is 4.05. The molecule has 0 fully saturated rings. The largest absolute Gasteiger partial charge is 0.497 e. The lowest BCUT2D eigenvalue weighted by molar-refractivity contribution is 0.0636. The summed E-state index contributed by atoms with van der Waals surface area (Å²) in [6.45, 7) is 6.10. The van der Waals surface area contributed by atoms with Gasteiger partial charge in [-0.3, -0.25) is 5.32 Å². The molecule has 0 aliphatic carbocycles. The smallest absolute Gasteiger partial charge is 0.412 e. The van der Waals surface area contributed by atoms with Gasteiger partial charge in [-0.25, -0.2) is 9.78 Å². The zero-order valence-electron chi connectivity index (χ0n) is 14.4. The highest BCUT2D eigenvalue weighted by Crippen LogP contribution is 2.15. The highest BCUT2D eigenvalue weighted by molar-refractivity contribution is 5.84. The van der Waals surface area contributed by atoms with Crippen LogP contribution in [0, 0.1) is 0 Å². The monoisotopic (exact) mass is 329 g/mol. The minimum absolute atomic E-state index is 0.497. The topological polar surface area (TPSA) is 72.5 Å². The molecule has 2 aromatic rings. The van der Waals surface area contributed by atoms with Gasteiger partial charge in [0.05, 0.1) is 19.0 Å². The molecule has 0 saturated carbocycles. The molecule has 0 aliphatic rings. The number of methoxy groups -OCH3 is 1. The van der Waals surface area contributed by atoms with Crippen molar-refractivity contribution < 1.29 is 14.3 Å². The molecule has 1 heterocycles. The molecule has 0 spiro atoms. The number of carbonyl (C=O) groups is 1. The van der Waals surface area contributed by atoms with Crippen molar-refractivity contribution in [3.05, 3.63) is 48.2 Å². The van der Waals surface area contributed by atoms with Gasteiger partial charge < -0.3 is 14.8 Å². The number of aromatic nitrogens is 1. The SMILES string of the molecule is COc1ccc(CNc2ccc(NC(=O)OC(C)(C)C)cn2)cc1. The highest BCUT2D eigenvalue weighted by atomic mass is 16.6. The summed E-state index contributed by atoms with van der Waals surface area (Å²) in [5.41, 5.74) is 1.17. The van der Waals surface area contributed by atoms with Crippen molar-refractivity contribution in [2.75, 3.05) is 17.7 Å². The van der Waals surface area contributed by atoms with Gasteiger partial charge >= 0.3 is 6.09 Å². The van der Waals surface area contributed by atoms with Crippen LogP contribution < -0.4 is 15.4 Å². The molecule has 2 N–H and O–H groups in total. The van der Waals surface area contributed by atoms with E-state index < -0.39 is 11.7 Å². The van der Waals surface area contributed by atoms with Crippen LogP contribution in [0.25, 0.3) is 0 Å². The Kier molecular flexibility index (Phi) is 5.63. The molecular formula is C18H23N3O3.